The normalized spacial score (nSPS) is 14.0. The first-order chi connectivity index (χ1) is 14.5. The van der Waals surface area contributed by atoms with Crippen LogP contribution in [0.25, 0.3) is 11.8 Å². The lowest BCUT2D eigenvalue weighted by Gasteiger charge is -2.09. The summed E-state index contributed by atoms with van der Waals surface area (Å²) in [6.07, 6.45) is 3.91. The van der Waals surface area contributed by atoms with Crippen LogP contribution in [0.4, 0.5) is 0 Å². The van der Waals surface area contributed by atoms with Crippen LogP contribution in [0.5, 0.6) is 0 Å². The van der Waals surface area contributed by atoms with Crippen molar-refractivity contribution in [2.75, 3.05) is 6.61 Å². The number of nitrogens with zero attached hydrogens (tertiary/aromatic N) is 5. The summed E-state index contributed by atoms with van der Waals surface area (Å²) >= 11 is 0. The number of ketones is 1. The van der Waals surface area contributed by atoms with Crippen LogP contribution in [0.3, 0.4) is 0 Å². The van der Waals surface area contributed by atoms with Crippen molar-refractivity contribution in [2.24, 2.45) is 0 Å². The standard InChI is InChI=1S/C22H23N5O3/c1-14-11-19(15(2)26(14)18-9-10-18)21(28)13-30-22(29)20(27-16(3)23-24-25-27)12-17-7-5-4-6-8-17/h4-8,11-12,18H,9-10,13H2,1-3H3. The van der Waals surface area contributed by atoms with E-state index >= 15 is 0 Å². The van der Waals surface area contributed by atoms with Gasteiger partial charge in [0.25, 0.3) is 0 Å². The molecule has 0 atom stereocenters. The summed E-state index contributed by atoms with van der Waals surface area (Å²) in [6.45, 7) is 5.27. The number of carbonyl (C=O) groups excluding carboxylic acids is 2. The molecule has 0 amide bonds. The van der Waals surface area contributed by atoms with E-state index in [4.69, 9.17) is 4.74 Å². The van der Waals surface area contributed by atoms with Crippen LogP contribution in [0, 0.1) is 20.8 Å². The first-order valence-electron chi connectivity index (χ1n) is 9.86. The maximum atomic E-state index is 12.8. The van der Waals surface area contributed by atoms with Crippen molar-refractivity contribution >= 4 is 23.5 Å². The van der Waals surface area contributed by atoms with E-state index in [1.165, 1.54) is 4.68 Å². The van der Waals surface area contributed by atoms with E-state index in [2.05, 4.69) is 20.1 Å². The van der Waals surface area contributed by atoms with Gasteiger partial charge in [0.05, 0.1) is 0 Å². The minimum atomic E-state index is -0.668. The Balaban J connectivity index is 1.53. The molecule has 0 radical (unpaired) electrons. The zero-order valence-corrected chi connectivity index (χ0v) is 17.2. The van der Waals surface area contributed by atoms with Gasteiger partial charge in [-0.25, -0.2) is 4.79 Å². The van der Waals surface area contributed by atoms with Gasteiger partial charge in [0.1, 0.15) is 0 Å². The van der Waals surface area contributed by atoms with Crippen LogP contribution in [0.2, 0.25) is 0 Å². The molecule has 8 nitrogen and oxygen atoms in total. The average molecular weight is 405 g/mol. The summed E-state index contributed by atoms with van der Waals surface area (Å²) in [5.74, 6) is -0.456. The highest BCUT2D eigenvalue weighted by molar-refractivity contribution is 6.16. The van der Waals surface area contributed by atoms with Crippen LogP contribution >= 0.6 is 0 Å². The number of Topliss-reactive ketones (excluding diaryl/α,β-unsaturated/α-hetero) is 1. The van der Waals surface area contributed by atoms with E-state index in [1.807, 2.05) is 50.2 Å². The summed E-state index contributed by atoms with van der Waals surface area (Å²) < 4.78 is 8.87. The molecule has 154 valence electrons. The van der Waals surface area contributed by atoms with Gasteiger partial charge in [0, 0.05) is 23.0 Å². The summed E-state index contributed by atoms with van der Waals surface area (Å²) in [6, 6.07) is 11.7. The topological polar surface area (TPSA) is 91.9 Å². The molecule has 1 aliphatic rings. The van der Waals surface area contributed by atoms with Crippen molar-refractivity contribution in [3.63, 3.8) is 0 Å². The molecule has 2 heterocycles. The van der Waals surface area contributed by atoms with Crippen molar-refractivity contribution in [1.29, 1.82) is 0 Å². The number of benzene rings is 1. The van der Waals surface area contributed by atoms with Gasteiger partial charge in [-0.05, 0) is 61.7 Å². The second-order valence-electron chi connectivity index (χ2n) is 7.46. The highest BCUT2D eigenvalue weighted by atomic mass is 16.5. The van der Waals surface area contributed by atoms with Crippen LogP contribution < -0.4 is 0 Å². The van der Waals surface area contributed by atoms with E-state index < -0.39 is 5.97 Å². The van der Waals surface area contributed by atoms with Gasteiger partial charge in [-0.2, -0.15) is 4.68 Å². The van der Waals surface area contributed by atoms with Crippen molar-refractivity contribution < 1.29 is 14.3 Å². The Bertz CT molecular complexity index is 1120. The van der Waals surface area contributed by atoms with Gasteiger partial charge in [-0.1, -0.05) is 30.3 Å². The first kappa shape index (κ1) is 19.8. The highest BCUT2D eigenvalue weighted by Crippen LogP contribution is 2.38. The lowest BCUT2D eigenvalue weighted by molar-refractivity contribution is -0.136. The number of rotatable bonds is 7. The number of carbonyl (C=O) groups is 2. The van der Waals surface area contributed by atoms with Crippen LogP contribution in [0.1, 0.15) is 52.0 Å². The average Bonchev–Trinajstić information content (AvgIpc) is 3.41. The number of aryl methyl sites for hydroxylation is 2. The van der Waals surface area contributed by atoms with Crippen LogP contribution in [-0.4, -0.2) is 43.1 Å². The fourth-order valence-electron chi connectivity index (χ4n) is 3.60. The van der Waals surface area contributed by atoms with Crippen molar-refractivity contribution in [1.82, 2.24) is 24.8 Å². The molecule has 1 aliphatic carbocycles. The molecule has 1 fully saturated rings. The Morgan fingerprint density at radius 3 is 2.53 bits per heavy atom. The van der Waals surface area contributed by atoms with E-state index in [0.717, 1.165) is 29.8 Å². The van der Waals surface area contributed by atoms with Gasteiger partial charge in [0.15, 0.2) is 18.1 Å². The first-order valence-corrected chi connectivity index (χ1v) is 9.86. The molecule has 1 saturated carbocycles. The Labute approximate surface area is 174 Å². The number of esters is 1. The molecule has 0 aliphatic heterocycles. The Morgan fingerprint density at radius 1 is 1.17 bits per heavy atom. The molecule has 1 aromatic carbocycles. The van der Waals surface area contributed by atoms with Gasteiger partial charge in [-0.3, -0.25) is 4.79 Å². The molecular weight excluding hydrogens is 382 g/mol. The summed E-state index contributed by atoms with van der Waals surface area (Å²) in [5, 5.41) is 11.3. The number of tetrazole rings is 1. The maximum Gasteiger partial charge on any atom is 0.357 e. The predicted molar refractivity (Wildman–Crippen MR) is 111 cm³/mol. The van der Waals surface area contributed by atoms with Gasteiger partial charge in [0.2, 0.25) is 5.78 Å². The number of aromatic nitrogens is 5. The third-order valence-electron chi connectivity index (χ3n) is 5.20. The zero-order chi connectivity index (χ0) is 21.3. The van der Waals surface area contributed by atoms with Crippen LogP contribution in [-0.2, 0) is 9.53 Å². The lowest BCUT2D eigenvalue weighted by atomic mass is 10.1. The molecule has 0 saturated heterocycles. The van der Waals surface area contributed by atoms with Gasteiger partial charge in [-0.15, -0.1) is 5.10 Å². The second kappa shape index (κ2) is 8.06. The minimum Gasteiger partial charge on any atom is -0.453 e. The van der Waals surface area contributed by atoms with Crippen molar-refractivity contribution in [3.05, 3.63) is 64.7 Å². The van der Waals surface area contributed by atoms with Crippen molar-refractivity contribution in [3.8, 4) is 0 Å². The molecule has 0 bridgehead atoms. The molecule has 0 spiro atoms. The highest BCUT2D eigenvalue weighted by Gasteiger charge is 2.28. The number of hydrogen-bond donors (Lipinski definition) is 0. The molecular formula is C22H23N5O3. The smallest absolute Gasteiger partial charge is 0.357 e. The van der Waals surface area contributed by atoms with Crippen molar-refractivity contribution in [2.45, 2.75) is 39.7 Å². The zero-order valence-electron chi connectivity index (χ0n) is 17.2. The monoisotopic (exact) mass is 405 g/mol. The van der Waals surface area contributed by atoms with E-state index in [0.29, 0.717) is 17.4 Å². The predicted octanol–water partition coefficient (Wildman–Crippen LogP) is 3.16. The fraction of sp³-hybridized carbons (Fsp3) is 0.318. The molecule has 4 rings (SSSR count). The van der Waals surface area contributed by atoms with Gasteiger partial charge >= 0.3 is 5.97 Å². The lowest BCUT2D eigenvalue weighted by Crippen LogP contribution is -2.19. The summed E-state index contributed by atoms with van der Waals surface area (Å²) in [5.41, 5.74) is 3.50. The molecule has 2 aromatic heterocycles. The molecule has 3 aromatic rings. The third kappa shape index (κ3) is 3.94. The van der Waals surface area contributed by atoms with E-state index in [9.17, 15) is 9.59 Å². The number of ether oxygens (including phenoxy) is 1. The quantitative estimate of drug-likeness (QED) is 0.341. The second-order valence-corrected chi connectivity index (χ2v) is 7.46. The molecule has 0 unspecified atom stereocenters. The van der Waals surface area contributed by atoms with Gasteiger partial charge < -0.3 is 9.30 Å². The Morgan fingerprint density at radius 2 is 1.90 bits per heavy atom. The SMILES string of the molecule is Cc1nnnn1C(=Cc1ccccc1)C(=O)OCC(=O)c1cc(C)n(C2CC2)c1C. The minimum absolute atomic E-state index is 0.139. The third-order valence-corrected chi connectivity index (χ3v) is 5.20. The molecule has 0 N–H and O–H groups in total. The summed E-state index contributed by atoms with van der Waals surface area (Å²) in [7, 11) is 0. The van der Waals surface area contributed by atoms with E-state index in [-0.39, 0.29) is 18.1 Å². The summed E-state index contributed by atoms with van der Waals surface area (Å²) in [4.78, 5) is 25.6. The molecule has 30 heavy (non-hydrogen) atoms. The number of hydrogen-bond acceptors (Lipinski definition) is 6. The Hall–Kier alpha value is -3.55. The largest absolute Gasteiger partial charge is 0.453 e. The van der Waals surface area contributed by atoms with E-state index in [1.54, 1.807) is 13.0 Å². The van der Waals surface area contributed by atoms with Crippen LogP contribution in [0.15, 0.2) is 36.4 Å². The molecule has 8 heteroatoms. The maximum absolute atomic E-state index is 12.8. The fourth-order valence-corrected chi connectivity index (χ4v) is 3.60. The Kier molecular flexibility index (Phi) is 5.31.